The first-order valence-corrected chi connectivity index (χ1v) is 5.03. The molecular formula is C10H16ClN. The molecule has 0 N–H and O–H groups in total. The first-order chi connectivity index (χ1) is 5.75. The van der Waals surface area contributed by atoms with Crippen LogP contribution in [0.5, 0.6) is 0 Å². The molecule has 0 bridgehead atoms. The van der Waals surface area contributed by atoms with Gasteiger partial charge >= 0.3 is 0 Å². The lowest BCUT2D eigenvalue weighted by molar-refractivity contribution is 0.778. The van der Waals surface area contributed by atoms with E-state index in [1.165, 1.54) is 17.6 Å². The van der Waals surface area contributed by atoms with Crippen molar-refractivity contribution in [3.63, 3.8) is 0 Å². The van der Waals surface area contributed by atoms with Crippen LogP contribution < -0.4 is 0 Å². The lowest BCUT2D eigenvalue weighted by Crippen LogP contribution is -2.05. The van der Waals surface area contributed by atoms with Crippen molar-refractivity contribution in [3.05, 3.63) is 11.1 Å². The molecule has 1 heterocycles. The van der Waals surface area contributed by atoms with E-state index >= 15 is 0 Å². The van der Waals surface area contributed by atoms with Gasteiger partial charge in [0.2, 0.25) is 0 Å². The van der Waals surface area contributed by atoms with Crippen molar-refractivity contribution in [3.8, 4) is 0 Å². The molecule has 1 atom stereocenters. The highest BCUT2D eigenvalue weighted by Gasteiger charge is 2.14. The maximum Gasteiger partial charge on any atom is 0.0569 e. The van der Waals surface area contributed by atoms with Gasteiger partial charge in [-0.15, -0.1) is 11.6 Å². The monoisotopic (exact) mass is 185 g/mol. The Labute approximate surface area is 79.5 Å². The van der Waals surface area contributed by atoms with Gasteiger partial charge in [0, 0.05) is 12.8 Å². The first kappa shape index (κ1) is 9.79. The predicted molar refractivity (Wildman–Crippen MR) is 55.2 cm³/mol. The molecule has 0 amide bonds. The lowest BCUT2D eigenvalue weighted by atomic mass is 10.0. The van der Waals surface area contributed by atoms with E-state index in [2.05, 4.69) is 18.8 Å². The van der Waals surface area contributed by atoms with Crippen LogP contribution in [0, 0.1) is 0 Å². The molecule has 2 heteroatoms. The van der Waals surface area contributed by atoms with Gasteiger partial charge in [-0.25, -0.2) is 0 Å². The molecule has 0 aliphatic carbocycles. The van der Waals surface area contributed by atoms with Crippen LogP contribution in [0.1, 0.15) is 33.1 Å². The van der Waals surface area contributed by atoms with Crippen molar-refractivity contribution in [1.29, 1.82) is 0 Å². The summed E-state index contributed by atoms with van der Waals surface area (Å²) >= 11 is 6.22. The number of alkyl halides is 1. The molecule has 68 valence electrons. The van der Waals surface area contributed by atoms with Crippen LogP contribution in [0.15, 0.2) is 16.1 Å². The highest BCUT2D eigenvalue weighted by atomic mass is 35.5. The number of hydrogen-bond donors (Lipinski definition) is 0. The summed E-state index contributed by atoms with van der Waals surface area (Å²) < 4.78 is 0. The Hall–Kier alpha value is -0.300. The molecule has 1 unspecified atom stereocenters. The number of nitrogens with zero attached hydrogens (tertiary/aromatic N) is 1. The fourth-order valence-corrected chi connectivity index (χ4v) is 1.90. The highest BCUT2D eigenvalue weighted by Crippen LogP contribution is 2.23. The Kier molecular flexibility index (Phi) is 3.80. The second-order valence-corrected chi connectivity index (χ2v) is 3.78. The van der Waals surface area contributed by atoms with E-state index in [0.717, 1.165) is 19.4 Å². The van der Waals surface area contributed by atoms with Gasteiger partial charge < -0.3 is 0 Å². The standard InChI is InChI=1S/C10H16ClN/c1-3-4-9-8(2)7-12-6-5-10(9)11/h7,10H,3-6H2,1-2H3. The highest BCUT2D eigenvalue weighted by molar-refractivity contribution is 6.22. The zero-order chi connectivity index (χ0) is 8.97. The summed E-state index contributed by atoms with van der Waals surface area (Å²) in [6, 6.07) is 0. The third-order valence-electron chi connectivity index (χ3n) is 2.20. The number of aliphatic imine (C=N–C) groups is 1. The SMILES string of the molecule is CCCC1=C(C)C=NCCC1Cl. The van der Waals surface area contributed by atoms with E-state index in [1.807, 2.05) is 6.21 Å². The summed E-state index contributed by atoms with van der Waals surface area (Å²) in [4.78, 5) is 4.27. The quantitative estimate of drug-likeness (QED) is 0.586. The van der Waals surface area contributed by atoms with Crippen LogP contribution in [-0.4, -0.2) is 18.1 Å². The van der Waals surface area contributed by atoms with Gasteiger partial charge in [-0.3, -0.25) is 4.99 Å². The molecule has 1 aliphatic heterocycles. The molecule has 0 radical (unpaired) electrons. The van der Waals surface area contributed by atoms with Gasteiger partial charge in [-0.05, 0) is 30.9 Å². The summed E-state index contributed by atoms with van der Waals surface area (Å²) in [7, 11) is 0. The van der Waals surface area contributed by atoms with Crippen molar-refractivity contribution in [2.75, 3.05) is 6.54 Å². The zero-order valence-electron chi connectivity index (χ0n) is 7.81. The zero-order valence-corrected chi connectivity index (χ0v) is 8.56. The topological polar surface area (TPSA) is 12.4 Å². The van der Waals surface area contributed by atoms with E-state index in [9.17, 15) is 0 Å². The van der Waals surface area contributed by atoms with Crippen molar-refractivity contribution < 1.29 is 0 Å². The number of rotatable bonds is 2. The average Bonchev–Trinajstić information content (AvgIpc) is 2.19. The summed E-state index contributed by atoms with van der Waals surface area (Å²) in [5.74, 6) is 0. The van der Waals surface area contributed by atoms with Gasteiger partial charge in [0.25, 0.3) is 0 Å². The third kappa shape index (κ3) is 2.34. The maximum absolute atomic E-state index is 6.22. The summed E-state index contributed by atoms with van der Waals surface area (Å²) in [6.07, 6.45) is 5.24. The fraction of sp³-hybridized carbons (Fsp3) is 0.700. The second kappa shape index (κ2) is 4.66. The van der Waals surface area contributed by atoms with Crippen molar-refractivity contribution in [2.24, 2.45) is 4.99 Å². The minimum Gasteiger partial charge on any atom is -0.293 e. The van der Waals surface area contributed by atoms with Crippen LogP contribution in [-0.2, 0) is 0 Å². The molecule has 1 aliphatic rings. The summed E-state index contributed by atoms with van der Waals surface area (Å²) in [5, 5.41) is 0.215. The third-order valence-corrected chi connectivity index (χ3v) is 2.68. The van der Waals surface area contributed by atoms with Crippen LogP contribution >= 0.6 is 11.6 Å². The van der Waals surface area contributed by atoms with Gasteiger partial charge in [0.05, 0.1) is 5.38 Å². The minimum absolute atomic E-state index is 0.215. The van der Waals surface area contributed by atoms with Gasteiger partial charge in [0.15, 0.2) is 0 Å². The van der Waals surface area contributed by atoms with Crippen molar-refractivity contribution in [1.82, 2.24) is 0 Å². The minimum atomic E-state index is 0.215. The summed E-state index contributed by atoms with van der Waals surface area (Å²) in [5.41, 5.74) is 2.66. The molecule has 1 rings (SSSR count). The lowest BCUT2D eigenvalue weighted by Gasteiger charge is -2.12. The molecular weight excluding hydrogens is 170 g/mol. The fourth-order valence-electron chi connectivity index (χ4n) is 1.52. The molecule has 12 heavy (non-hydrogen) atoms. The van der Waals surface area contributed by atoms with Gasteiger partial charge in [-0.1, -0.05) is 13.3 Å². The van der Waals surface area contributed by atoms with Crippen molar-refractivity contribution in [2.45, 2.75) is 38.5 Å². The molecule has 0 fully saturated rings. The molecule has 1 nitrogen and oxygen atoms in total. The summed E-state index contributed by atoms with van der Waals surface area (Å²) in [6.45, 7) is 5.17. The van der Waals surface area contributed by atoms with Gasteiger partial charge in [0.1, 0.15) is 0 Å². The maximum atomic E-state index is 6.22. The Morgan fingerprint density at radius 3 is 3.08 bits per heavy atom. The van der Waals surface area contributed by atoms with Gasteiger partial charge in [-0.2, -0.15) is 0 Å². The number of hydrogen-bond acceptors (Lipinski definition) is 1. The number of allylic oxidation sites excluding steroid dienone is 2. The molecule has 0 saturated heterocycles. The smallest absolute Gasteiger partial charge is 0.0569 e. The Bertz CT molecular complexity index is 206. The molecule has 0 aromatic heterocycles. The normalized spacial score (nSPS) is 24.4. The van der Waals surface area contributed by atoms with E-state index in [1.54, 1.807) is 0 Å². The van der Waals surface area contributed by atoms with E-state index in [0.29, 0.717) is 0 Å². The molecule has 0 saturated carbocycles. The average molecular weight is 186 g/mol. The van der Waals surface area contributed by atoms with Crippen LogP contribution in [0.3, 0.4) is 0 Å². The van der Waals surface area contributed by atoms with E-state index in [4.69, 9.17) is 11.6 Å². The van der Waals surface area contributed by atoms with Crippen LogP contribution in [0.25, 0.3) is 0 Å². The largest absolute Gasteiger partial charge is 0.293 e. The Morgan fingerprint density at radius 2 is 2.42 bits per heavy atom. The molecule has 0 aromatic carbocycles. The Morgan fingerprint density at radius 1 is 1.67 bits per heavy atom. The van der Waals surface area contributed by atoms with Crippen LogP contribution in [0.4, 0.5) is 0 Å². The Balaban J connectivity index is 2.78. The first-order valence-electron chi connectivity index (χ1n) is 4.59. The van der Waals surface area contributed by atoms with Crippen molar-refractivity contribution >= 4 is 17.8 Å². The number of halogens is 1. The molecule has 0 spiro atoms. The predicted octanol–water partition coefficient (Wildman–Crippen LogP) is 3.18. The van der Waals surface area contributed by atoms with E-state index in [-0.39, 0.29) is 5.38 Å². The molecule has 0 aromatic rings. The van der Waals surface area contributed by atoms with E-state index < -0.39 is 0 Å². The van der Waals surface area contributed by atoms with Crippen LogP contribution in [0.2, 0.25) is 0 Å². The second-order valence-electron chi connectivity index (χ2n) is 3.25.